The molecule has 0 amide bonds. The van der Waals surface area contributed by atoms with Crippen LogP contribution < -0.4 is 10.1 Å². The molecule has 1 aromatic heterocycles. The Bertz CT molecular complexity index is 368. The van der Waals surface area contributed by atoms with Crippen LogP contribution in [0.3, 0.4) is 0 Å². The van der Waals surface area contributed by atoms with Gasteiger partial charge in [-0.3, -0.25) is 10.1 Å². The zero-order valence-corrected chi connectivity index (χ0v) is 9.40. The predicted octanol–water partition coefficient (Wildman–Crippen LogP) is 1.29. The van der Waals surface area contributed by atoms with E-state index in [0.717, 1.165) is 13.1 Å². The van der Waals surface area contributed by atoms with E-state index in [-0.39, 0.29) is 5.69 Å². The van der Waals surface area contributed by atoms with Crippen molar-refractivity contribution in [2.24, 2.45) is 0 Å². The molecule has 1 heterocycles. The fraction of sp³-hybridized carbons (Fsp3) is 0.500. The highest BCUT2D eigenvalue weighted by Crippen LogP contribution is 2.19. The number of hydrogen-bond donors (Lipinski definition) is 1. The van der Waals surface area contributed by atoms with Crippen molar-refractivity contribution in [3.63, 3.8) is 0 Å². The molecule has 6 heteroatoms. The van der Waals surface area contributed by atoms with E-state index in [4.69, 9.17) is 4.74 Å². The zero-order chi connectivity index (χ0) is 12.0. The number of nitrogens with zero attached hydrogens (tertiary/aromatic N) is 2. The SMILES string of the molecule is CCNCCOc1ncc([N+](=O)[O-])cc1C. The van der Waals surface area contributed by atoms with Gasteiger partial charge in [0.25, 0.3) is 5.69 Å². The van der Waals surface area contributed by atoms with Crippen LogP contribution in [0, 0.1) is 17.0 Å². The van der Waals surface area contributed by atoms with Crippen LogP contribution in [-0.4, -0.2) is 29.6 Å². The lowest BCUT2D eigenvalue weighted by molar-refractivity contribution is -0.385. The standard InChI is InChI=1S/C10H15N3O3/c1-3-11-4-5-16-10-8(2)6-9(7-12-10)13(14)15/h6-7,11H,3-5H2,1-2H3. The minimum Gasteiger partial charge on any atom is -0.476 e. The Morgan fingerprint density at radius 2 is 2.38 bits per heavy atom. The number of pyridine rings is 1. The lowest BCUT2D eigenvalue weighted by atomic mass is 10.3. The van der Waals surface area contributed by atoms with E-state index in [1.165, 1.54) is 12.3 Å². The van der Waals surface area contributed by atoms with Gasteiger partial charge in [-0.25, -0.2) is 4.98 Å². The Kier molecular flexibility index (Phi) is 4.65. The summed E-state index contributed by atoms with van der Waals surface area (Å²) in [7, 11) is 0. The number of likely N-dealkylation sites (N-methyl/N-ethyl adjacent to an activating group) is 1. The molecule has 0 fully saturated rings. The van der Waals surface area contributed by atoms with Gasteiger partial charge in [0, 0.05) is 18.2 Å². The summed E-state index contributed by atoms with van der Waals surface area (Å²) in [6, 6.07) is 1.45. The molecule has 0 saturated carbocycles. The number of aromatic nitrogens is 1. The fourth-order valence-electron chi connectivity index (χ4n) is 1.20. The van der Waals surface area contributed by atoms with Crippen molar-refractivity contribution in [3.8, 4) is 5.88 Å². The number of nitrogens with one attached hydrogen (secondary N) is 1. The van der Waals surface area contributed by atoms with Crippen LogP contribution in [-0.2, 0) is 0 Å². The fourth-order valence-corrected chi connectivity index (χ4v) is 1.20. The summed E-state index contributed by atoms with van der Waals surface area (Å²) in [5.74, 6) is 0.448. The van der Waals surface area contributed by atoms with Gasteiger partial charge in [0.15, 0.2) is 0 Å². The minimum atomic E-state index is -0.470. The van der Waals surface area contributed by atoms with E-state index in [2.05, 4.69) is 10.3 Å². The van der Waals surface area contributed by atoms with Crippen LogP contribution in [0.15, 0.2) is 12.3 Å². The van der Waals surface area contributed by atoms with E-state index < -0.39 is 4.92 Å². The first kappa shape index (κ1) is 12.4. The molecule has 0 saturated heterocycles. The Labute approximate surface area is 93.8 Å². The minimum absolute atomic E-state index is 0.0171. The molecule has 0 radical (unpaired) electrons. The Morgan fingerprint density at radius 1 is 1.62 bits per heavy atom. The lowest BCUT2D eigenvalue weighted by Gasteiger charge is -2.07. The molecule has 0 aliphatic carbocycles. The molecule has 0 bridgehead atoms. The van der Waals surface area contributed by atoms with Crippen LogP contribution in [0.5, 0.6) is 5.88 Å². The van der Waals surface area contributed by atoms with Gasteiger partial charge in [-0.15, -0.1) is 0 Å². The average Bonchev–Trinajstić information content (AvgIpc) is 2.26. The van der Waals surface area contributed by atoms with Crippen molar-refractivity contribution in [2.75, 3.05) is 19.7 Å². The van der Waals surface area contributed by atoms with Gasteiger partial charge >= 0.3 is 0 Å². The molecular weight excluding hydrogens is 210 g/mol. The summed E-state index contributed by atoms with van der Waals surface area (Å²) in [4.78, 5) is 13.9. The van der Waals surface area contributed by atoms with Gasteiger partial charge in [-0.2, -0.15) is 0 Å². The Morgan fingerprint density at radius 3 is 2.94 bits per heavy atom. The first-order chi connectivity index (χ1) is 7.65. The summed E-state index contributed by atoms with van der Waals surface area (Å²) >= 11 is 0. The van der Waals surface area contributed by atoms with E-state index in [1.807, 2.05) is 6.92 Å². The van der Waals surface area contributed by atoms with Crippen LogP contribution in [0.2, 0.25) is 0 Å². The van der Waals surface area contributed by atoms with Gasteiger partial charge in [0.2, 0.25) is 5.88 Å². The first-order valence-corrected chi connectivity index (χ1v) is 5.09. The molecule has 0 aliphatic heterocycles. The topological polar surface area (TPSA) is 77.3 Å². The molecule has 1 rings (SSSR count). The number of rotatable bonds is 6. The molecule has 0 aromatic carbocycles. The van der Waals surface area contributed by atoms with Gasteiger partial charge in [0.1, 0.15) is 12.8 Å². The summed E-state index contributed by atoms with van der Waals surface area (Å²) in [6.07, 6.45) is 1.20. The maximum atomic E-state index is 10.5. The van der Waals surface area contributed by atoms with Crippen molar-refractivity contribution >= 4 is 5.69 Å². The quantitative estimate of drug-likeness (QED) is 0.448. The highest BCUT2D eigenvalue weighted by molar-refractivity contribution is 5.36. The first-order valence-electron chi connectivity index (χ1n) is 5.09. The number of aryl methyl sites for hydroxylation is 1. The summed E-state index contributed by atoms with van der Waals surface area (Å²) < 4.78 is 5.38. The van der Waals surface area contributed by atoms with Crippen LogP contribution in [0.4, 0.5) is 5.69 Å². The molecule has 0 unspecified atom stereocenters. The molecule has 0 spiro atoms. The third-order valence-electron chi connectivity index (χ3n) is 1.99. The van der Waals surface area contributed by atoms with Crippen molar-refractivity contribution in [1.29, 1.82) is 0 Å². The van der Waals surface area contributed by atoms with Crippen molar-refractivity contribution in [2.45, 2.75) is 13.8 Å². The molecule has 16 heavy (non-hydrogen) atoms. The van der Waals surface area contributed by atoms with Crippen LogP contribution in [0.1, 0.15) is 12.5 Å². The zero-order valence-electron chi connectivity index (χ0n) is 9.40. The highest BCUT2D eigenvalue weighted by Gasteiger charge is 2.09. The number of ether oxygens (including phenoxy) is 1. The monoisotopic (exact) mass is 225 g/mol. The average molecular weight is 225 g/mol. The second-order valence-electron chi connectivity index (χ2n) is 3.27. The summed E-state index contributed by atoms with van der Waals surface area (Å²) in [5.41, 5.74) is 0.655. The molecule has 88 valence electrons. The molecule has 6 nitrogen and oxygen atoms in total. The largest absolute Gasteiger partial charge is 0.476 e. The van der Waals surface area contributed by atoms with E-state index in [9.17, 15) is 10.1 Å². The molecule has 0 aliphatic rings. The van der Waals surface area contributed by atoms with Gasteiger partial charge in [-0.05, 0) is 13.5 Å². The smallest absolute Gasteiger partial charge is 0.288 e. The summed E-state index contributed by atoms with van der Waals surface area (Å²) in [6.45, 7) is 5.86. The molecule has 1 aromatic rings. The third kappa shape index (κ3) is 3.47. The third-order valence-corrected chi connectivity index (χ3v) is 1.99. The molecular formula is C10H15N3O3. The molecule has 1 N–H and O–H groups in total. The normalized spacial score (nSPS) is 10.1. The van der Waals surface area contributed by atoms with Crippen molar-refractivity contribution in [1.82, 2.24) is 10.3 Å². The van der Waals surface area contributed by atoms with Gasteiger partial charge in [-0.1, -0.05) is 6.92 Å². The second-order valence-corrected chi connectivity index (χ2v) is 3.27. The van der Waals surface area contributed by atoms with Crippen LogP contribution in [0.25, 0.3) is 0 Å². The lowest BCUT2D eigenvalue weighted by Crippen LogP contribution is -2.20. The number of hydrogen-bond acceptors (Lipinski definition) is 5. The highest BCUT2D eigenvalue weighted by atomic mass is 16.6. The van der Waals surface area contributed by atoms with E-state index in [1.54, 1.807) is 6.92 Å². The van der Waals surface area contributed by atoms with Gasteiger partial charge < -0.3 is 10.1 Å². The predicted molar refractivity (Wildman–Crippen MR) is 59.7 cm³/mol. The van der Waals surface area contributed by atoms with E-state index in [0.29, 0.717) is 18.1 Å². The second kappa shape index (κ2) is 6.02. The summed E-state index contributed by atoms with van der Waals surface area (Å²) in [5, 5.41) is 13.6. The van der Waals surface area contributed by atoms with Crippen molar-refractivity contribution in [3.05, 3.63) is 27.9 Å². The maximum absolute atomic E-state index is 10.5. The van der Waals surface area contributed by atoms with Crippen molar-refractivity contribution < 1.29 is 9.66 Å². The maximum Gasteiger partial charge on any atom is 0.288 e. The Hall–Kier alpha value is -1.69. The Balaban J connectivity index is 2.57. The number of nitro groups is 1. The molecule has 0 atom stereocenters. The van der Waals surface area contributed by atoms with Gasteiger partial charge in [0.05, 0.1) is 4.92 Å². The van der Waals surface area contributed by atoms with E-state index >= 15 is 0 Å². The van der Waals surface area contributed by atoms with Crippen LogP contribution >= 0.6 is 0 Å².